The minimum absolute atomic E-state index is 0.257. The number of nitriles is 1. The summed E-state index contributed by atoms with van der Waals surface area (Å²) in [5, 5.41) is 20.1. The van der Waals surface area contributed by atoms with E-state index in [0.29, 0.717) is 28.5 Å². The average Bonchev–Trinajstić information content (AvgIpc) is 2.74. The predicted molar refractivity (Wildman–Crippen MR) is 117 cm³/mol. The van der Waals surface area contributed by atoms with Crippen molar-refractivity contribution in [2.75, 3.05) is 0 Å². The van der Waals surface area contributed by atoms with Gasteiger partial charge in [-0.05, 0) is 59.9 Å². The van der Waals surface area contributed by atoms with Gasteiger partial charge in [-0.25, -0.2) is 0 Å². The Morgan fingerprint density at radius 2 is 1.67 bits per heavy atom. The number of carboxylic acids is 1. The van der Waals surface area contributed by atoms with E-state index in [1.54, 1.807) is 24.3 Å². The van der Waals surface area contributed by atoms with Gasteiger partial charge in [-0.3, -0.25) is 4.79 Å². The molecule has 0 fully saturated rings. The second kappa shape index (κ2) is 9.96. The molecule has 3 unspecified atom stereocenters. The topological polar surface area (TPSA) is 70.3 Å². The first kappa shape index (κ1) is 21.4. The molecule has 3 atom stereocenters. The van der Waals surface area contributed by atoms with Crippen molar-refractivity contribution >= 4 is 17.6 Å². The van der Waals surface area contributed by atoms with Gasteiger partial charge in [0.25, 0.3) is 0 Å². The highest BCUT2D eigenvalue weighted by Gasteiger charge is 2.29. The zero-order valence-corrected chi connectivity index (χ0v) is 17.3. The summed E-state index contributed by atoms with van der Waals surface area (Å²) in [6.45, 7) is 1.86. The van der Waals surface area contributed by atoms with E-state index >= 15 is 0 Å². The van der Waals surface area contributed by atoms with Crippen molar-refractivity contribution < 1.29 is 14.6 Å². The summed E-state index contributed by atoms with van der Waals surface area (Å²) < 4.78 is 5.87. The van der Waals surface area contributed by atoms with E-state index in [9.17, 15) is 15.2 Å². The number of benzene rings is 3. The number of hydrogen-bond donors (Lipinski definition) is 1. The monoisotopic (exact) mass is 419 g/mol. The molecule has 3 rings (SSSR count). The maximum atomic E-state index is 12.0. The maximum absolute atomic E-state index is 12.0. The molecule has 152 valence electrons. The fourth-order valence-corrected chi connectivity index (χ4v) is 3.70. The third-order valence-electron chi connectivity index (χ3n) is 5.07. The van der Waals surface area contributed by atoms with Gasteiger partial charge in [0, 0.05) is 5.02 Å². The molecule has 0 radical (unpaired) electrons. The zero-order chi connectivity index (χ0) is 21.5. The SMILES string of the molecule is CC(CC(C#N)c1cccc(Oc2ccccc2)c1)C(C(=O)O)c1ccc(Cl)cc1. The number of para-hydroxylation sites is 1. The van der Waals surface area contributed by atoms with E-state index < -0.39 is 17.8 Å². The molecular formula is C25H22ClNO3. The molecule has 0 aliphatic rings. The number of carbonyl (C=O) groups is 1. The van der Waals surface area contributed by atoms with Crippen LogP contribution in [-0.2, 0) is 4.79 Å². The van der Waals surface area contributed by atoms with Crippen molar-refractivity contribution in [1.82, 2.24) is 0 Å². The lowest BCUT2D eigenvalue weighted by Gasteiger charge is -2.23. The van der Waals surface area contributed by atoms with E-state index in [0.717, 1.165) is 5.56 Å². The normalized spacial score (nSPS) is 13.6. The lowest BCUT2D eigenvalue weighted by Crippen LogP contribution is -2.21. The molecule has 0 saturated carbocycles. The van der Waals surface area contributed by atoms with E-state index in [2.05, 4.69) is 6.07 Å². The number of hydrogen-bond acceptors (Lipinski definition) is 3. The van der Waals surface area contributed by atoms with E-state index in [4.69, 9.17) is 16.3 Å². The number of ether oxygens (including phenoxy) is 1. The van der Waals surface area contributed by atoms with Crippen LogP contribution in [0.15, 0.2) is 78.9 Å². The Morgan fingerprint density at radius 1 is 1.00 bits per heavy atom. The third-order valence-corrected chi connectivity index (χ3v) is 5.32. The highest BCUT2D eigenvalue weighted by atomic mass is 35.5. The van der Waals surface area contributed by atoms with Crippen LogP contribution in [0, 0.1) is 17.2 Å². The zero-order valence-electron chi connectivity index (χ0n) is 16.5. The Bertz CT molecular complexity index is 1030. The smallest absolute Gasteiger partial charge is 0.311 e. The van der Waals surface area contributed by atoms with Crippen molar-refractivity contribution in [3.8, 4) is 17.6 Å². The van der Waals surface area contributed by atoms with Crippen LogP contribution in [0.1, 0.15) is 36.3 Å². The second-order valence-corrected chi connectivity index (χ2v) is 7.69. The fourth-order valence-electron chi connectivity index (χ4n) is 3.58. The molecule has 0 aromatic heterocycles. The minimum Gasteiger partial charge on any atom is -0.481 e. The van der Waals surface area contributed by atoms with Crippen molar-refractivity contribution in [2.24, 2.45) is 5.92 Å². The Labute approximate surface area is 181 Å². The molecule has 3 aromatic carbocycles. The van der Waals surface area contributed by atoms with E-state index in [-0.39, 0.29) is 5.92 Å². The Balaban J connectivity index is 1.78. The number of nitrogens with zero attached hydrogens (tertiary/aromatic N) is 1. The molecule has 0 saturated heterocycles. The van der Waals surface area contributed by atoms with Crippen LogP contribution in [0.25, 0.3) is 0 Å². The average molecular weight is 420 g/mol. The molecule has 30 heavy (non-hydrogen) atoms. The van der Waals surface area contributed by atoms with Crippen molar-refractivity contribution in [3.63, 3.8) is 0 Å². The van der Waals surface area contributed by atoms with Crippen molar-refractivity contribution in [2.45, 2.75) is 25.2 Å². The van der Waals surface area contributed by atoms with E-state index in [1.165, 1.54) is 0 Å². The number of rotatable bonds is 8. The third kappa shape index (κ3) is 5.40. The Kier molecular flexibility index (Phi) is 7.11. The molecule has 4 nitrogen and oxygen atoms in total. The van der Waals surface area contributed by atoms with Crippen LogP contribution >= 0.6 is 11.6 Å². The number of halogens is 1. The number of carboxylic acid groups (broad SMARTS) is 1. The van der Waals surface area contributed by atoms with Gasteiger partial charge in [0.15, 0.2) is 0 Å². The maximum Gasteiger partial charge on any atom is 0.311 e. The van der Waals surface area contributed by atoms with Gasteiger partial charge < -0.3 is 9.84 Å². The molecule has 0 heterocycles. The molecular weight excluding hydrogens is 398 g/mol. The largest absolute Gasteiger partial charge is 0.481 e. The first-order valence-electron chi connectivity index (χ1n) is 9.68. The number of aliphatic carboxylic acids is 1. The van der Waals surface area contributed by atoms with Crippen LogP contribution in [0.3, 0.4) is 0 Å². The van der Waals surface area contributed by atoms with Gasteiger partial charge in [-0.1, -0.05) is 61.0 Å². The summed E-state index contributed by atoms with van der Waals surface area (Å²) in [7, 11) is 0. The summed E-state index contributed by atoms with van der Waals surface area (Å²) >= 11 is 5.93. The van der Waals surface area contributed by atoms with Gasteiger partial charge in [-0.15, -0.1) is 0 Å². The fraction of sp³-hybridized carbons (Fsp3) is 0.200. The van der Waals surface area contributed by atoms with Crippen LogP contribution in [-0.4, -0.2) is 11.1 Å². The first-order valence-corrected chi connectivity index (χ1v) is 10.1. The van der Waals surface area contributed by atoms with Gasteiger partial charge in [0.1, 0.15) is 11.5 Å². The molecule has 1 N–H and O–H groups in total. The lowest BCUT2D eigenvalue weighted by molar-refractivity contribution is -0.140. The predicted octanol–water partition coefficient (Wildman–Crippen LogP) is 6.63. The molecule has 5 heteroatoms. The van der Waals surface area contributed by atoms with Crippen LogP contribution < -0.4 is 4.74 Å². The lowest BCUT2D eigenvalue weighted by atomic mass is 9.80. The van der Waals surface area contributed by atoms with Gasteiger partial charge in [0.2, 0.25) is 0 Å². The summed E-state index contributed by atoms with van der Waals surface area (Å²) in [6, 6.07) is 26.0. The molecule has 3 aromatic rings. The summed E-state index contributed by atoms with van der Waals surface area (Å²) in [4.78, 5) is 12.0. The summed E-state index contributed by atoms with van der Waals surface area (Å²) in [6.07, 6.45) is 0.408. The Morgan fingerprint density at radius 3 is 2.30 bits per heavy atom. The van der Waals surface area contributed by atoms with Crippen molar-refractivity contribution in [3.05, 3.63) is 95.0 Å². The van der Waals surface area contributed by atoms with E-state index in [1.807, 2.05) is 61.5 Å². The quantitative estimate of drug-likeness (QED) is 0.444. The Hall–Kier alpha value is -3.29. The highest BCUT2D eigenvalue weighted by molar-refractivity contribution is 6.30. The molecule has 0 spiro atoms. The van der Waals surface area contributed by atoms with Gasteiger partial charge in [-0.2, -0.15) is 5.26 Å². The molecule has 0 aliphatic heterocycles. The first-order chi connectivity index (χ1) is 14.5. The molecule has 0 aliphatic carbocycles. The molecule has 0 bridgehead atoms. The minimum atomic E-state index is -0.914. The standard InChI is InChI=1S/C25H22ClNO3/c1-17(24(25(28)29)18-10-12-21(26)13-11-18)14-20(16-27)19-6-5-9-23(15-19)30-22-7-3-2-4-8-22/h2-13,15,17,20,24H,14H2,1H3,(H,28,29). The van der Waals surface area contributed by atoms with Gasteiger partial charge in [0.05, 0.1) is 17.9 Å². The second-order valence-electron chi connectivity index (χ2n) is 7.25. The molecule has 0 amide bonds. The van der Waals surface area contributed by atoms with Gasteiger partial charge >= 0.3 is 5.97 Å². The van der Waals surface area contributed by atoms with Crippen LogP contribution in [0.5, 0.6) is 11.5 Å². The van der Waals surface area contributed by atoms with Crippen LogP contribution in [0.4, 0.5) is 0 Å². The summed E-state index contributed by atoms with van der Waals surface area (Å²) in [5.41, 5.74) is 1.48. The summed E-state index contributed by atoms with van der Waals surface area (Å²) in [5.74, 6) is -0.991. The highest BCUT2D eigenvalue weighted by Crippen LogP contribution is 2.35. The van der Waals surface area contributed by atoms with Crippen LogP contribution in [0.2, 0.25) is 5.02 Å². The van der Waals surface area contributed by atoms with Crippen molar-refractivity contribution in [1.29, 1.82) is 5.26 Å².